The Bertz CT molecular complexity index is 495. The Morgan fingerprint density at radius 2 is 1.90 bits per heavy atom. The van der Waals surface area contributed by atoms with Gasteiger partial charge in [0.15, 0.2) is 0 Å². The van der Waals surface area contributed by atoms with Gasteiger partial charge in [-0.15, -0.1) is 12.4 Å². The van der Waals surface area contributed by atoms with Crippen LogP contribution in [0.1, 0.15) is 37.7 Å². The van der Waals surface area contributed by atoms with Crippen molar-refractivity contribution in [3.63, 3.8) is 0 Å². The molecule has 4 fully saturated rings. The standard InChI is InChI=1S/C16H20FNO.ClH/c17-14-3-1-2-11(5-14)10-18-15-6-12-4-13(7-15)9-16(18,19)8-12;/h1-3,5,12-13,15,19H,4,6-10H2;1H. The molecule has 2 aliphatic carbocycles. The molecular weight excluding hydrogens is 277 g/mol. The van der Waals surface area contributed by atoms with E-state index in [-0.39, 0.29) is 18.2 Å². The largest absolute Gasteiger partial charge is 0.376 e. The minimum Gasteiger partial charge on any atom is -0.376 e. The average Bonchev–Trinajstić information content (AvgIpc) is 2.32. The van der Waals surface area contributed by atoms with Crippen LogP contribution in [0.15, 0.2) is 24.3 Å². The molecule has 2 saturated carbocycles. The van der Waals surface area contributed by atoms with Crippen LogP contribution in [0.3, 0.4) is 0 Å². The third-order valence-corrected chi connectivity index (χ3v) is 5.33. The zero-order valence-electron chi connectivity index (χ0n) is 11.5. The lowest BCUT2D eigenvalue weighted by Gasteiger charge is -2.61. The number of hydrogen-bond donors (Lipinski definition) is 1. The summed E-state index contributed by atoms with van der Waals surface area (Å²) < 4.78 is 13.3. The van der Waals surface area contributed by atoms with E-state index in [4.69, 9.17) is 0 Å². The highest BCUT2D eigenvalue weighted by Crippen LogP contribution is 2.53. The number of halogens is 2. The topological polar surface area (TPSA) is 23.5 Å². The number of rotatable bonds is 2. The van der Waals surface area contributed by atoms with Gasteiger partial charge in [0.25, 0.3) is 0 Å². The van der Waals surface area contributed by atoms with Gasteiger partial charge in [-0.1, -0.05) is 12.1 Å². The maximum absolute atomic E-state index is 13.3. The molecule has 2 unspecified atom stereocenters. The van der Waals surface area contributed by atoms with Crippen molar-refractivity contribution < 1.29 is 9.50 Å². The van der Waals surface area contributed by atoms with Crippen LogP contribution < -0.4 is 0 Å². The molecule has 1 aromatic carbocycles. The average molecular weight is 298 g/mol. The fraction of sp³-hybridized carbons (Fsp3) is 0.625. The van der Waals surface area contributed by atoms with E-state index in [0.29, 0.717) is 24.4 Å². The lowest BCUT2D eigenvalue weighted by molar-refractivity contribution is -0.236. The first-order chi connectivity index (χ1) is 9.12. The normalized spacial score (nSPS) is 38.8. The van der Waals surface area contributed by atoms with Gasteiger partial charge in [-0.05, 0) is 61.6 Å². The minimum atomic E-state index is -0.624. The Morgan fingerprint density at radius 1 is 1.20 bits per heavy atom. The fourth-order valence-corrected chi connectivity index (χ4v) is 4.81. The van der Waals surface area contributed by atoms with E-state index in [1.165, 1.54) is 25.3 Å². The first-order valence-corrected chi connectivity index (χ1v) is 7.36. The highest BCUT2D eigenvalue weighted by molar-refractivity contribution is 5.85. The minimum absolute atomic E-state index is 0. The van der Waals surface area contributed by atoms with Crippen LogP contribution in [-0.4, -0.2) is 21.8 Å². The molecule has 0 amide bonds. The van der Waals surface area contributed by atoms with Crippen LogP contribution in [0, 0.1) is 17.7 Å². The number of hydrogen-bond acceptors (Lipinski definition) is 2. The highest BCUT2D eigenvalue weighted by atomic mass is 35.5. The van der Waals surface area contributed by atoms with Crippen LogP contribution in [0.2, 0.25) is 0 Å². The van der Waals surface area contributed by atoms with Gasteiger partial charge < -0.3 is 5.11 Å². The van der Waals surface area contributed by atoms with E-state index < -0.39 is 5.72 Å². The van der Waals surface area contributed by atoms with Crippen LogP contribution in [0.5, 0.6) is 0 Å². The summed E-state index contributed by atoms with van der Waals surface area (Å²) in [4.78, 5) is 2.24. The van der Waals surface area contributed by atoms with Crippen LogP contribution in [0.25, 0.3) is 0 Å². The maximum atomic E-state index is 13.3. The Balaban J connectivity index is 0.00000121. The van der Waals surface area contributed by atoms with Crippen LogP contribution in [0.4, 0.5) is 4.39 Å². The second-order valence-electron chi connectivity index (χ2n) is 6.74. The van der Waals surface area contributed by atoms with E-state index in [1.54, 1.807) is 12.1 Å². The molecule has 1 N–H and O–H groups in total. The second kappa shape index (κ2) is 4.97. The van der Waals surface area contributed by atoms with Crippen molar-refractivity contribution in [1.82, 2.24) is 4.90 Å². The molecule has 2 heterocycles. The molecule has 2 nitrogen and oxygen atoms in total. The molecule has 0 radical (unpaired) electrons. The molecule has 1 aromatic rings. The molecule has 4 heteroatoms. The Kier molecular flexibility index (Phi) is 3.56. The molecule has 4 aliphatic rings. The SMILES string of the molecule is Cl.OC12CC3CC(CC(C3)N1Cc1cccc(F)c1)C2. The third-order valence-electron chi connectivity index (χ3n) is 5.33. The summed E-state index contributed by atoms with van der Waals surface area (Å²) >= 11 is 0. The van der Waals surface area contributed by atoms with Gasteiger partial charge >= 0.3 is 0 Å². The van der Waals surface area contributed by atoms with Gasteiger partial charge in [0.1, 0.15) is 11.5 Å². The number of nitrogens with zero attached hydrogens (tertiary/aromatic N) is 1. The monoisotopic (exact) mass is 297 g/mol. The molecule has 2 atom stereocenters. The lowest BCUT2D eigenvalue weighted by Crippen LogP contribution is -2.65. The van der Waals surface area contributed by atoms with E-state index in [9.17, 15) is 9.50 Å². The lowest BCUT2D eigenvalue weighted by atomic mass is 9.62. The predicted octanol–water partition coefficient (Wildman–Crippen LogP) is 3.33. The summed E-state index contributed by atoms with van der Waals surface area (Å²) in [7, 11) is 0. The van der Waals surface area contributed by atoms with Gasteiger partial charge in [-0.25, -0.2) is 4.39 Å². The van der Waals surface area contributed by atoms with Crippen molar-refractivity contribution in [2.24, 2.45) is 11.8 Å². The van der Waals surface area contributed by atoms with Crippen molar-refractivity contribution in [2.75, 3.05) is 0 Å². The Morgan fingerprint density at radius 3 is 2.50 bits per heavy atom. The number of aliphatic hydroxyl groups is 1. The molecule has 0 aromatic heterocycles. The van der Waals surface area contributed by atoms with E-state index in [2.05, 4.69) is 4.90 Å². The van der Waals surface area contributed by atoms with Gasteiger partial charge in [0, 0.05) is 12.6 Å². The number of piperidine rings is 2. The highest BCUT2D eigenvalue weighted by Gasteiger charge is 2.54. The van der Waals surface area contributed by atoms with Gasteiger partial charge in [0.2, 0.25) is 0 Å². The molecular formula is C16H21ClFNO. The van der Waals surface area contributed by atoms with Gasteiger partial charge in [0.05, 0.1) is 0 Å². The molecule has 2 aliphatic heterocycles. The van der Waals surface area contributed by atoms with Gasteiger partial charge in [-0.3, -0.25) is 4.90 Å². The predicted molar refractivity (Wildman–Crippen MR) is 78.0 cm³/mol. The summed E-state index contributed by atoms with van der Waals surface area (Å²) in [6.45, 7) is 0.679. The van der Waals surface area contributed by atoms with Crippen molar-refractivity contribution in [3.8, 4) is 0 Å². The quantitative estimate of drug-likeness (QED) is 0.905. The van der Waals surface area contributed by atoms with E-state index in [1.807, 2.05) is 6.07 Å². The molecule has 2 saturated heterocycles. The van der Waals surface area contributed by atoms with E-state index in [0.717, 1.165) is 18.4 Å². The third kappa shape index (κ3) is 2.26. The maximum Gasteiger partial charge on any atom is 0.123 e. The summed E-state index contributed by atoms with van der Waals surface area (Å²) in [6, 6.07) is 7.28. The summed E-state index contributed by atoms with van der Waals surface area (Å²) in [6.07, 6.45) is 5.57. The summed E-state index contributed by atoms with van der Waals surface area (Å²) in [5, 5.41) is 10.9. The van der Waals surface area contributed by atoms with Crippen LogP contribution >= 0.6 is 12.4 Å². The number of benzene rings is 1. The molecule has 0 spiro atoms. The van der Waals surface area contributed by atoms with Crippen molar-refractivity contribution in [2.45, 2.75) is 50.4 Å². The van der Waals surface area contributed by atoms with Crippen molar-refractivity contribution in [3.05, 3.63) is 35.6 Å². The Hall–Kier alpha value is -0.640. The Labute approximate surface area is 125 Å². The first kappa shape index (κ1) is 14.3. The molecule has 5 rings (SSSR count). The van der Waals surface area contributed by atoms with Crippen LogP contribution in [-0.2, 0) is 6.54 Å². The van der Waals surface area contributed by atoms with Crippen molar-refractivity contribution in [1.29, 1.82) is 0 Å². The zero-order valence-corrected chi connectivity index (χ0v) is 12.3. The summed E-state index contributed by atoms with van der Waals surface area (Å²) in [5.74, 6) is 1.24. The van der Waals surface area contributed by atoms with Crippen molar-refractivity contribution >= 4 is 12.4 Å². The van der Waals surface area contributed by atoms with E-state index >= 15 is 0 Å². The second-order valence-corrected chi connectivity index (χ2v) is 6.74. The first-order valence-electron chi connectivity index (χ1n) is 7.36. The van der Waals surface area contributed by atoms with Gasteiger partial charge in [-0.2, -0.15) is 0 Å². The smallest absolute Gasteiger partial charge is 0.123 e. The molecule has 110 valence electrons. The molecule has 4 bridgehead atoms. The zero-order chi connectivity index (χ0) is 13.0. The fourth-order valence-electron chi connectivity index (χ4n) is 4.81. The summed E-state index contributed by atoms with van der Waals surface area (Å²) in [5.41, 5.74) is 0.349. The molecule has 20 heavy (non-hydrogen) atoms.